The molecular formula is C15H17NO3S2W. The maximum absolute atomic E-state index is 11.1. The topological polar surface area (TPSA) is 55.4 Å². The summed E-state index contributed by atoms with van der Waals surface area (Å²) in [5.41, 5.74) is 6.06. The van der Waals surface area contributed by atoms with Crippen molar-refractivity contribution in [1.82, 2.24) is 5.48 Å². The van der Waals surface area contributed by atoms with Crippen LogP contribution in [0.1, 0.15) is 21.6 Å². The SMILES string of the molecule is CNOS(=O)c1ccsc1[C-]=O.Cc1[c-]c(C)cc(C)c1.[W+2]. The zero-order chi connectivity index (χ0) is 15.8. The van der Waals surface area contributed by atoms with Crippen molar-refractivity contribution in [2.24, 2.45) is 0 Å². The van der Waals surface area contributed by atoms with Crippen LogP contribution in [-0.4, -0.2) is 17.5 Å². The van der Waals surface area contributed by atoms with Gasteiger partial charge in [-0.15, -0.1) is 6.07 Å². The number of benzene rings is 1. The first-order valence-corrected chi connectivity index (χ1v) is 8.12. The predicted molar refractivity (Wildman–Crippen MR) is 85.2 cm³/mol. The van der Waals surface area contributed by atoms with Crippen molar-refractivity contribution in [2.75, 3.05) is 7.05 Å². The van der Waals surface area contributed by atoms with Gasteiger partial charge in [-0.3, -0.25) is 0 Å². The number of thiophene rings is 1. The molecule has 1 unspecified atom stereocenters. The molecule has 0 radical (unpaired) electrons. The van der Waals surface area contributed by atoms with Crippen LogP contribution in [0.5, 0.6) is 0 Å². The van der Waals surface area contributed by atoms with Crippen LogP contribution < -0.4 is 5.48 Å². The smallest absolute Gasteiger partial charge is 0.417 e. The summed E-state index contributed by atoms with van der Waals surface area (Å²) in [6.07, 6.45) is 1.68. The fourth-order valence-corrected chi connectivity index (χ4v) is 3.35. The van der Waals surface area contributed by atoms with E-state index >= 15 is 0 Å². The Morgan fingerprint density at radius 3 is 2.32 bits per heavy atom. The second-order valence-corrected chi connectivity index (χ2v) is 6.25. The van der Waals surface area contributed by atoms with Gasteiger partial charge < -0.3 is 4.79 Å². The van der Waals surface area contributed by atoms with Crippen molar-refractivity contribution in [1.29, 1.82) is 0 Å². The molecule has 1 aromatic carbocycles. The molecule has 2 rings (SSSR count). The van der Waals surface area contributed by atoms with Gasteiger partial charge in [0.05, 0.1) is 0 Å². The van der Waals surface area contributed by atoms with Gasteiger partial charge in [-0.25, -0.2) is 8.49 Å². The van der Waals surface area contributed by atoms with Crippen molar-refractivity contribution >= 4 is 28.7 Å². The molecule has 0 saturated carbocycles. The van der Waals surface area contributed by atoms with Gasteiger partial charge in [0.2, 0.25) is 0 Å². The zero-order valence-corrected chi connectivity index (χ0v) is 17.3. The summed E-state index contributed by atoms with van der Waals surface area (Å²) in [6.45, 7) is 6.24. The van der Waals surface area contributed by atoms with E-state index in [9.17, 15) is 9.00 Å². The van der Waals surface area contributed by atoms with Gasteiger partial charge in [-0.2, -0.15) is 51.7 Å². The van der Waals surface area contributed by atoms with Crippen molar-refractivity contribution in [3.8, 4) is 0 Å². The normalized spacial score (nSPS) is 10.9. The molecule has 22 heavy (non-hydrogen) atoms. The number of hydrogen-bond acceptors (Lipinski definition) is 5. The molecule has 0 fully saturated rings. The Morgan fingerprint density at radius 1 is 1.27 bits per heavy atom. The molecule has 1 atom stereocenters. The molecule has 0 amide bonds. The Balaban J connectivity index is 0.000000397. The first-order valence-electron chi connectivity index (χ1n) is 6.16. The average molecular weight is 507 g/mol. The van der Waals surface area contributed by atoms with Crippen molar-refractivity contribution in [3.63, 3.8) is 0 Å². The number of aryl methyl sites for hydroxylation is 3. The first-order chi connectivity index (χ1) is 9.97. The maximum atomic E-state index is 11.1. The summed E-state index contributed by atoms with van der Waals surface area (Å²) in [5.74, 6) is 0. The summed E-state index contributed by atoms with van der Waals surface area (Å²) in [5, 5.41) is 1.66. The Labute approximate surface area is 152 Å². The van der Waals surface area contributed by atoms with Gasteiger partial charge in [-0.1, -0.05) is 30.5 Å². The molecule has 1 aromatic heterocycles. The van der Waals surface area contributed by atoms with E-state index < -0.39 is 11.1 Å². The Kier molecular flexibility index (Phi) is 10.6. The maximum Gasteiger partial charge on any atom is 2.00 e. The molecule has 7 heteroatoms. The van der Waals surface area contributed by atoms with E-state index in [0.29, 0.717) is 9.77 Å². The fraction of sp³-hybridized carbons (Fsp3) is 0.267. The van der Waals surface area contributed by atoms with Crippen LogP contribution >= 0.6 is 11.3 Å². The molecule has 0 saturated heterocycles. The van der Waals surface area contributed by atoms with Crippen LogP contribution in [0.4, 0.5) is 0 Å². The quantitative estimate of drug-likeness (QED) is 0.511. The largest absolute Gasteiger partial charge is 2.00 e. The van der Waals surface area contributed by atoms with Crippen LogP contribution in [0.15, 0.2) is 28.5 Å². The molecule has 4 nitrogen and oxygen atoms in total. The molecule has 0 aliphatic heterocycles. The van der Waals surface area contributed by atoms with E-state index in [0.717, 1.165) is 0 Å². The number of nitrogens with one attached hydrogen (secondary N) is 1. The van der Waals surface area contributed by atoms with Crippen molar-refractivity contribution in [3.05, 3.63) is 51.2 Å². The summed E-state index contributed by atoms with van der Waals surface area (Å²) in [4.78, 5) is 10.9. The molecule has 118 valence electrons. The molecule has 0 spiro atoms. The Hall–Kier alpha value is -0.652. The minimum atomic E-state index is -1.63. The molecule has 0 aliphatic carbocycles. The number of rotatable bonds is 4. The third kappa shape index (κ3) is 7.07. The van der Waals surface area contributed by atoms with E-state index in [1.165, 1.54) is 35.1 Å². The molecule has 0 aliphatic rings. The van der Waals surface area contributed by atoms with Gasteiger partial charge >= 0.3 is 21.1 Å². The van der Waals surface area contributed by atoms with E-state index in [1.807, 2.05) is 0 Å². The molecule has 0 bridgehead atoms. The van der Waals surface area contributed by atoms with Crippen LogP contribution in [0.25, 0.3) is 0 Å². The van der Waals surface area contributed by atoms with Crippen LogP contribution in [0.3, 0.4) is 0 Å². The van der Waals surface area contributed by atoms with E-state index in [-0.39, 0.29) is 21.1 Å². The van der Waals surface area contributed by atoms with Crippen molar-refractivity contribution < 1.29 is 34.4 Å². The van der Waals surface area contributed by atoms with Crippen molar-refractivity contribution in [2.45, 2.75) is 25.7 Å². The third-order valence-corrected chi connectivity index (χ3v) is 4.30. The summed E-state index contributed by atoms with van der Waals surface area (Å²) in [7, 11) is 1.49. The fourth-order valence-electron chi connectivity index (χ4n) is 1.73. The standard InChI is InChI=1S/C9H11.C6H6NO3S2.W/c1-7-4-8(2)6-9(3)5-7;1-7-10-12(9)6-2-3-11-5(6)4-8;/h4-5H,1-3H3;2-3,7H,1H3;/q2*-1;+2. The van der Waals surface area contributed by atoms with Gasteiger partial charge in [0.25, 0.3) is 0 Å². The number of hydroxylamine groups is 1. The number of hydrogen-bond donors (Lipinski definition) is 1. The zero-order valence-electron chi connectivity index (χ0n) is 12.8. The van der Waals surface area contributed by atoms with Gasteiger partial charge in [0.15, 0.2) is 0 Å². The van der Waals surface area contributed by atoms with Gasteiger partial charge in [-0.05, 0) is 5.38 Å². The van der Waals surface area contributed by atoms with Crippen LogP contribution in [-0.2, 0) is 41.2 Å². The van der Waals surface area contributed by atoms with Crippen LogP contribution in [0, 0.1) is 26.8 Å². The second-order valence-electron chi connectivity index (χ2n) is 4.26. The minimum Gasteiger partial charge on any atom is -0.417 e. The van der Waals surface area contributed by atoms with Gasteiger partial charge in [0, 0.05) is 13.3 Å². The average Bonchev–Trinajstić information content (AvgIpc) is 2.86. The summed E-state index contributed by atoms with van der Waals surface area (Å²) < 4.78 is 15.7. The molecular weight excluding hydrogens is 490 g/mol. The summed E-state index contributed by atoms with van der Waals surface area (Å²) in [6, 6.07) is 9.04. The van der Waals surface area contributed by atoms with E-state index in [2.05, 4.69) is 48.7 Å². The molecule has 1 N–H and O–H groups in total. The molecule has 1 heterocycles. The Bertz CT molecular complexity index is 579. The predicted octanol–water partition coefficient (Wildman–Crippen LogP) is 2.79. The van der Waals surface area contributed by atoms with Gasteiger partial charge in [0.1, 0.15) is 11.1 Å². The van der Waals surface area contributed by atoms with E-state index in [1.54, 1.807) is 17.7 Å². The monoisotopic (exact) mass is 507 g/mol. The third-order valence-electron chi connectivity index (χ3n) is 2.34. The second kappa shape index (κ2) is 11.0. The van der Waals surface area contributed by atoms with Crippen LogP contribution in [0.2, 0.25) is 0 Å². The minimum absolute atomic E-state index is 0. The summed E-state index contributed by atoms with van der Waals surface area (Å²) >= 11 is -0.448. The molecule has 2 aromatic rings. The van der Waals surface area contributed by atoms with E-state index in [4.69, 9.17) is 0 Å². The Morgan fingerprint density at radius 2 is 1.86 bits per heavy atom. The first kappa shape index (κ1) is 21.3. The number of carbonyl (C=O) groups excluding carboxylic acids is 1.